The van der Waals surface area contributed by atoms with Crippen molar-refractivity contribution in [3.05, 3.63) is 40.1 Å². The van der Waals surface area contributed by atoms with Crippen LogP contribution in [-0.4, -0.2) is 33.5 Å². The number of aryl methyl sites for hydroxylation is 1. The summed E-state index contributed by atoms with van der Waals surface area (Å²) in [4.78, 5) is 24.2. The number of aromatic nitrogens is 3. The van der Waals surface area contributed by atoms with E-state index in [4.69, 9.17) is 4.74 Å². The molecule has 1 unspecified atom stereocenters. The number of hydrogen-bond donors (Lipinski definition) is 2. The zero-order chi connectivity index (χ0) is 18.9. The zero-order valence-corrected chi connectivity index (χ0v) is 16.8. The average Bonchev–Trinajstić information content (AvgIpc) is 2.61. The van der Waals surface area contributed by atoms with Crippen LogP contribution in [0.4, 0.5) is 11.9 Å². The summed E-state index contributed by atoms with van der Waals surface area (Å²) >= 11 is 3.42. The minimum atomic E-state index is -0.133. The summed E-state index contributed by atoms with van der Waals surface area (Å²) in [6, 6.07) is 8.09. The van der Waals surface area contributed by atoms with Gasteiger partial charge in [0.2, 0.25) is 17.8 Å². The van der Waals surface area contributed by atoms with Crippen LogP contribution in [0.25, 0.3) is 0 Å². The molecule has 0 aliphatic carbocycles. The van der Waals surface area contributed by atoms with Crippen molar-refractivity contribution in [3.8, 4) is 0 Å². The summed E-state index contributed by atoms with van der Waals surface area (Å²) < 4.78 is 6.86. The van der Waals surface area contributed by atoms with Crippen LogP contribution in [0.3, 0.4) is 0 Å². The highest BCUT2D eigenvalue weighted by Crippen LogP contribution is 2.12. The highest BCUT2D eigenvalue weighted by atomic mass is 79.9. The Bertz CT molecular complexity index is 724. The van der Waals surface area contributed by atoms with Crippen molar-refractivity contribution in [2.24, 2.45) is 0 Å². The van der Waals surface area contributed by atoms with E-state index < -0.39 is 0 Å². The highest BCUT2D eigenvalue weighted by Gasteiger charge is 2.11. The summed E-state index contributed by atoms with van der Waals surface area (Å²) in [5.74, 6) is 1.10. The molecular formula is C18H24BrN5O2. The maximum absolute atomic E-state index is 11.5. The number of hydrogen-bond acceptors (Lipinski definition) is 6. The van der Waals surface area contributed by atoms with Crippen molar-refractivity contribution >= 4 is 33.7 Å². The van der Waals surface area contributed by atoms with Gasteiger partial charge in [-0.25, -0.2) is 0 Å². The quantitative estimate of drug-likeness (QED) is 0.641. The van der Waals surface area contributed by atoms with Gasteiger partial charge in [-0.2, -0.15) is 15.0 Å². The van der Waals surface area contributed by atoms with Gasteiger partial charge in [0.05, 0.1) is 19.3 Å². The number of benzene rings is 1. The normalized spacial score (nSPS) is 11.8. The van der Waals surface area contributed by atoms with Crippen LogP contribution in [0.2, 0.25) is 0 Å². The van der Waals surface area contributed by atoms with Crippen molar-refractivity contribution in [2.75, 3.05) is 17.2 Å². The number of anilines is 2. The van der Waals surface area contributed by atoms with Crippen LogP contribution < -0.4 is 10.6 Å². The van der Waals surface area contributed by atoms with Gasteiger partial charge in [0.1, 0.15) is 5.82 Å². The summed E-state index contributed by atoms with van der Waals surface area (Å²) in [6.45, 7) is 6.67. The van der Waals surface area contributed by atoms with E-state index in [2.05, 4.69) is 48.4 Å². The smallest absolute Gasteiger partial charge is 0.234 e. The molecule has 0 saturated carbocycles. The predicted octanol–water partition coefficient (Wildman–Crippen LogP) is 3.70. The molecule has 0 aliphatic rings. The molecule has 0 spiro atoms. The fourth-order valence-corrected chi connectivity index (χ4v) is 2.42. The van der Waals surface area contributed by atoms with Crippen molar-refractivity contribution in [2.45, 2.75) is 46.3 Å². The summed E-state index contributed by atoms with van der Waals surface area (Å²) in [6.07, 6.45) is 1.22. The summed E-state index contributed by atoms with van der Waals surface area (Å²) in [5.41, 5.74) is 1.11. The molecule has 1 atom stereocenters. The second-order valence-electron chi connectivity index (χ2n) is 5.82. The maximum atomic E-state index is 11.5. The highest BCUT2D eigenvalue weighted by molar-refractivity contribution is 9.10. The van der Waals surface area contributed by atoms with Crippen LogP contribution >= 0.6 is 15.9 Å². The number of amides is 1. The predicted molar refractivity (Wildman–Crippen MR) is 105 cm³/mol. The van der Waals surface area contributed by atoms with E-state index in [9.17, 15) is 4.79 Å². The van der Waals surface area contributed by atoms with E-state index in [-0.39, 0.29) is 17.9 Å². The SMILES string of the molecule is CCC(=O)Nc1nc(C)nc(NC(CC)COCc2ccc(Br)cc2)n1. The van der Waals surface area contributed by atoms with Gasteiger partial charge in [0, 0.05) is 10.9 Å². The second-order valence-corrected chi connectivity index (χ2v) is 6.74. The van der Waals surface area contributed by atoms with Gasteiger partial charge in [-0.3, -0.25) is 10.1 Å². The standard InChI is InChI=1S/C18H24BrN5O2/c1-4-15(11-26-10-13-6-8-14(19)9-7-13)22-17-20-12(3)21-18(24-17)23-16(25)5-2/h6-9,15H,4-5,10-11H2,1-3H3,(H2,20,21,22,23,24,25). The van der Waals surface area contributed by atoms with Gasteiger partial charge in [-0.1, -0.05) is 41.9 Å². The lowest BCUT2D eigenvalue weighted by molar-refractivity contribution is -0.115. The fraction of sp³-hybridized carbons (Fsp3) is 0.444. The Morgan fingerprint density at radius 3 is 2.50 bits per heavy atom. The number of carbonyl (C=O) groups is 1. The molecule has 0 bridgehead atoms. The van der Waals surface area contributed by atoms with Crippen LogP contribution in [0.1, 0.15) is 38.1 Å². The zero-order valence-electron chi connectivity index (χ0n) is 15.3. The van der Waals surface area contributed by atoms with E-state index >= 15 is 0 Å². The number of carbonyl (C=O) groups excluding carboxylic acids is 1. The monoisotopic (exact) mass is 421 g/mol. The minimum Gasteiger partial charge on any atom is -0.375 e. The largest absolute Gasteiger partial charge is 0.375 e. The molecule has 7 nitrogen and oxygen atoms in total. The van der Waals surface area contributed by atoms with Gasteiger partial charge in [-0.15, -0.1) is 0 Å². The van der Waals surface area contributed by atoms with E-state index in [1.54, 1.807) is 13.8 Å². The maximum Gasteiger partial charge on any atom is 0.234 e. The average molecular weight is 422 g/mol. The van der Waals surface area contributed by atoms with Crippen LogP contribution in [0.5, 0.6) is 0 Å². The number of nitrogens with one attached hydrogen (secondary N) is 2. The first-order chi connectivity index (χ1) is 12.5. The van der Waals surface area contributed by atoms with Gasteiger partial charge in [0.15, 0.2) is 0 Å². The molecule has 8 heteroatoms. The topological polar surface area (TPSA) is 89.0 Å². The molecule has 2 rings (SSSR count). The van der Waals surface area contributed by atoms with Crippen molar-refractivity contribution in [3.63, 3.8) is 0 Å². The van der Waals surface area contributed by atoms with E-state index in [1.165, 1.54) is 0 Å². The van der Waals surface area contributed by atoms with E-state index in [1.807, 2.05) is 24.3 Å². The molecule has 2 aromatic rings. The molecule has 0 aliphatic heterocycles. The van der Waals surface area contributed by atoms with E-state index in [0.29, 0.717) is 31.4 Å². The molecule has 2 N–H and O–H groups in total. The Labute approximate surface area is 162 Å². The van der Waals surface area contributed by atoms with Crippen LogP contribution in [-0.2, 0) is 16.1 Å². The number of nitrogens with zero attached hydrogens (tertiary/aromatic N) is 3. The lowest BCUT2D eigenvalue weighted by Crippen LogP contribution is -2.26. The first-order valence-electron chi connectivity index (χ1n) is 8.61. The van der Waals surface area contributed by atoms with Crippen molar-refractivity contribution in [1.82, 2.24) is 15.0 Å². The molecule has 1 aromatic carbocycles. The molecule has 140 valence electrons. The Kier molecular flexibility index (Phi) is 7.93. The number of halogens is 1. The summed E-state index contributed by atoms with van der Waals surface area (Å²) in [7, 11) is 0. The van der Waals surface area contributed by atoms with Crippen molar-refractivity contribution in [1.29, 1.82) is 0 Å². The molecule has 0 radical (unpaired) electrons. The van der Waals surface area contributed by atoms with E-state index in [0.717, 1.165) is 16.5 Å². The Morgan fingerprint density at radius 1 is 1.15 bits per heavy atom. The lowest BCUT2D eigenvalue weighted by Gasteiger charge is -2.17. The van der Waals surface area contributed by atoms with Gasteiger partial charge >= 0.3 is 0 Å². The third-order valence-corrected chi connectivity index (χ3v) is 4.18. The number of ether oxygens (including phenoxy) is 1. The summed E-state index contributed by atoms with van der Waals surface area (Å²) in [5, 5.41) is 5.91. The molecule has 1 amide bonds. The molecular weight excluding hydrogens is 398 g/mol. The number of rotatable bonds is 9. The van der Waals surface area contributed by atoms with Gasteiger partial charge in [0.25, 0.3) is 0 Å². The molecule has 1 heterocycles. The van der Waals surface area contributed by atoms with Crippen molar-refractivity contribution < 1.29 is 9.53 Å². The first kappa shape index (κ1) is 20.3. The van der Waals surface area contributed by atoms with Crippen LogP contribution in [0.15, 0.2) is 28.7 Å². The third-order valence-electron chi connectivity index (χ3n) is 3.65. The fourth-order valence-electron chi connectivity index (χ4n) is 2.16. The van der Waals surface area contributed by atoms with Gasteiger partial charge < -0.3 is 10.1 Å². The molecule has 26 heavy (non-hydrogen) atoms. The second kappa shape index (κ2) is 10.2. The Balaban J connectivity index is 1.91. The lowest BCUT2D eigenvalue weighted by atomic mass is 10.2. The minimum absolute atomic E-state index is 0.0574. The third kappa shape index (κ3) is 6.68. The Hall–Kier alpha value is -2.06. The molecule has 0 fully saturated rings. The molecule has 0 saturated heterocycles. The first-order valence-corrected chi connectivity index (χ1v) is 9.40. The van der Waals surface area contributed by atoms with Gasteiger partial charge in [-0.05, 0) is 31.0 Å². The Morgan fingerprint density at radius 2 is 1.85 bits per heavy atom. The molecule has 1 aromatic heterocycles. The van der Waals surface area contributed by atoms with Crippen LogP contribution in [0, 0.1) is 6.92 Å².